The normalized spacial score (nSPS) is 10.1. The van der Waals surface area contributed by atoms with Gasteiger partial charge in [0.25, 0.3) is 5.56 Å². The zero-order valence-corrected chi connectivity index (χ0v) is 9.14. The lowest BCUT2D eigenvalue weighted by atomic mass is 10.6. The minimum atomic E-state index is 0.0185. The highest BCUT2D eigenvalue weighted by atomic mass is 127. The van der Waals surface area contributed by atoms with E-state index in [0.717, 1.165) is 5.16 Å². The number of thioether (sulfide) groups is 1. The molecule has 1 aromatic heterocycles. The number of hydrogen-bond acceptors (Lipinski definition) is 3. The predicted octanol–water partition coefficient (Wildman–Crippen LogP) is 1.11. The molecule has 0 unspecified atom stereocenters. The average molecular weight is 282 g/mol. The van der Waals surface area contributed by atoms with Crippen molar-refractivity contribution in [3.63, 3.8) is 0 Å². The molecular weight excluding hydrogens is 275 g/mol. The number of hydrogen-bond donors (Lipinski definition) is 0. The van der Waals surface area contributed by atoms with Crippen molar-refractivity contribution in [1.29, 1.82) is 0 Å². The van der Waals surface area contributed by atoms with Crippen LogP contribution in [0.25, 0.3) is 0 Å². The van der Waals surface area contributed by atoms with Gasteiger partial charge in [-0.05, 0) is 28.8 Å². The van der Waals surface area contributed by atoms with Crippen molar-refractivity contribution < 1.29 is 0 Å². The van der Waals surface area contributed by atoms with E-state index >= 15 is 0 Å². The molecule has 0 spiro atoms. The van der Waals surface area contributed by atoms with Crippen LogP contribution in [0.1, 0.15) is 0 Å². The molecule has 0 atom stereocenters. The summed E-state index contributed by atoms with van der Waals surface area (Å²) in [6.07, 6.45) is 3.49. The molecular formula is C6H7IN2OS. The lowest BCUT2D eigenvalue weighted by Gasteiger charge is -2.02. The Bertz CT molecular complexity index is 323. The zero-order valence-electron chi connectivity index (χ0n) is 6.17. The smallest absolute Gasteiger partial charge is 0.267 e. The van der Waals surface area contributed by atoms with Gasteiger partial charge >= 0.3 is 0 Å². The molecule has 0 aliphatic rings. The minimum absolute atomic E-state index is 0.0185. The number of halogens is 1. The van der Waals surface area contributed by atoms with Crippen molar-refractivity contribution in [3.05, 3.63) is 20.1 Å². The zero-order chi connectivity index (χ0) is 8.43. The van der Waals surface area contributed by atoms with E-state index < -0.39 is 0 Å². The second-order valence-electron chi connectivity index (χ2n) is 1.96. The van der Waals surface area contributed by atoms with Gasteiger partial charge in [-0.3, -0.25) is 9.36 Å². The first-order valence-electron chi connectivity index (χ1n) is 2.92. The predicted molar refractivity (Wildman–Crippen MR) is 54.0 cm³/mol. The summed E-state index contributed by atoms with van der Waals surface area (Å²) >= 11 is 3.44. The van der Waals surface area contributed by atoms with Crippen LogP contribution in [0.4, 0.5) is 0 Å². The van der Waals surface area contributed by atoms with Crippen LogP contribution in [-0.4, -0.2) is 15.8 Å². The molecule has 1 aromatic rings. The molecule has 5 heteroatoms. The van der Waals surface area contributed by atoms with Gasteiger partial charge in [0.2, 0.25) is 0 Å². The molecule has 0 saturated carbocycles. The Morgan fingerprint density at radius 2 is 2.36 bits per heavy atom. The summed E-state index contributed by atoms with van der Waals surface area (Å²) < 4.78 is 2.20. The van der Waals surface area contributed by atoms with Crippen LogP contribution < -0.4 is 5.56 Å². The van der Waals surface area contributed by atoms with Crippen LogP contribution >= 0.6 is 34.4 Å². The topological polar surface area (TPSA) is 34.9 Å². The van der Waals surface area contributed by atoms with E-state index in [9.17, 15) is 4.79 Å². The van der Waals surface area contributed by atoms with Crippen molar-refractivity contribution >= 4 is 34.4 Å². The lowest BCUT2D eigenvalue weighted by molar-refractivity contribution is 0.703. The fraction of sp³-hybridized carbons (Fsp3) is 0.333. The SMILES string of the molecule is CSc1ncc(I)c(=O)n1C. The van der Waals surface area contributed by atoms with Crippen LogP contribution in [0.5, 0.6) is 0 Å². The quantitative estimate of drug-likeness (QED) is 0.439. The summed E-state index contributed by atoms with van der Waals surface area (Å²) in [5.74, 6) is 0. The highest BCUT2D eigenvalue weighted by Crippen LogP contribution is 2.07. The van der Waals surface area contributed by atoms with E-state index in [1.807, 2.05) is 28.8 Å². The van der Waals surface area contributed by atoms with Gasteiger partial charge in [-0.1, -0.05) is 11.8 Å². The van der Waals surface area contributed by atoms with Crippen molar-refractivity contribution in [2.75, 3.05) is 6.26 Å². The molecule has 0 N–H and O–H groups in total. The largest absolute Gasteiger partial charge is 0.290 e. The molecule has 0 aliphatic carbocycles. The monoisotopic (exact) mass is 282 g/mol. The van der Waals surface area contributed by atoms with E-state index in [2.05, 4.69) is 4.98 Å². The molecule has 0 fully saturated rings. The highest BCUT2D eigenvalue weighted by Gasteiger charge is 2.02. The molecule has 11 heavy (non-hydrogen) atoms. The lowest BCUT2D eigenvalue weighted by Crippen LogP contribution is -2.21. The molecule has 1 heterocycles. The second kappa shape index (κ2) is 3.57. The van der Waals surface area contributed by atoms with E-state index in [4.69, 9.17) is 0 Å². The molecule has 0 aliphatic heterocycles. The Hall–Kier alpha value is -0.0400. The van der Waals surface area contributed by atoms with E-state index in [1.165, 1.54) is 11.8 Å². The highest BCUT2D eigenvalue weighted by molar-refractivity contribution is 14.1. The summed E-state index contributed by atoms with van der Waals surface area (Å²) in [5.41, 5.74) is 0.0185. The molecule has 60 valence electrons. The first-order valence-corrected chi connectivity index (χ1v) is 5.22. The van der Waals surface area contributed by atoms with Gasteiger partial charge in [-0.15, -0.1) is 0 Å². The van der Waals surface area contributed by atoms with E-state index in [1.54, 1.807) is 17.8 Å². The average Bonchev–Trinajstić information content (AvgIpc) is 2.01. The van der Waals surface area contributed by atoms with E-state index in [-0.39, 0.29) is 5.56 Å². The summed E-state index contributed by atoms with van der Waals surface area (Å²) in [6.45, 7) is 0. The maximum absolute atomic E-state index is 11.3. The van der Waals surface area contributed by atoms with Crippen molar-refractivity contribution in [2.45, 2.75) is 5.16 Å². The Kier molecular flexibility index (Phi) is 2.94. The Morgan fingerprint density at radius 3 is 2.91 bits per heavy atom. The molecule has 1 rings (SSSR count). The van der Waals surface area contributed by atoms with Gasteiger partial charge in [0.1, 0.15) is 0 Å². The maximum Gasteiger partial charge on any atom is 0.267 e. The third-order valence-corrected chi connectivity index (χ3v) is 2.75. The van der Waals surface area contributed by atoms with Crippen LogP contribution in [0.2, 0.25) is 0 Å². The second-order valence-corrected chi connectivity index (χ2v) is 3.89. The summed E-state index contributed by atoms with van der Waals surface area (Å²) in [6, 6.07) is 0. The first kappa shape index (κ1) is 9.05. The van der Waals surface area contributed by atoms with Crippen LogP contribution in [-0.2, 0) is 7.05 Å². The first-order chi connectivity index (χ1) is 5.16. The minimum Gasteiger partial charge on any atom is -0.290 e. The van der Waals surface area contributed by atoms with Crippen LogP contribution in [0.15, 0.2) is 16.1 Å². The molecule has 0 amide bonds. The van der Waals surface area contributed by atoms with Crippen molar-refractivity contribution in [2.24, 2.45) is 7.05 Å². The van der Waals surface area contributed by atoms with Gasteiger partial charge in [-0.25, -0.2) is 4.98 Å². The number of nitrogens with zero attached hydrogens (tertiary/aromatic N) is 2. The molecule has 0 aromatic carbocycles. The number of rotatable bonds is 1. The van der Waals surface area contributed by atoms with Crippen LogP contribution in [0.3, 0.4) is 0 Å². The fourth-order valence-corrected chi connectivity index (χ4v) is 1.71. The molecule has 0 radical (unpaired) electrons. The third kappa shape index (κ3) is 1.76. The molecule has 3 nitrogen and oxygen atoms in total. The molecule has 0 saturated heterocycles. The van der Waals surface area contributed by atoms with Gasteiger partial charge in [0, 0.05) is 13.2 Å². The van der Waals surface area contributed by atoms with Gasteiger partial charge in [0.05, 0.1) is 3.57 Å². The Morgan fingerprint density at radius 1 is 1.73 bits per heavy atom. The van der Waals surface area contributed by atoms with Gasteiger partial charge in [-0.2, -0.15) is 0 Å². The summed E-state index contributed by atoms with van der Waals surface area (Å²) in [5, 5.41) is 0.746. The standard InChI is InChI=1S/C6H7IN2OS/c1-9-5(10)4(7)3-8-6(9)11-2/h3H,1-2H3. The van der Waals surface area contributed by atoms with Gasteiger partial charge < -0.3 is 0 Å². The van der Waals surface area contributed by atoms with Crippen molar-refractivity contribution in [3.8, 4) is 0 Å². The summed E-state index contributed by atoms with van der Waals surface area (Å²) in [7, 11) is 1.73. The fourth-order valence-electron chi connectivity index (χ4n) is 0.690. The summed E-state index contributed by atoms with van der Waals surface area (Å²) in [4.78, 5) is 15.3. The maximum atomic E-state index is 11.3. The van der Waals surface area contributed by atoms with Crippen LogP contribution in [0, 0.1) is 3.57 Å². The van der Waals surface area contributed by atoms with Gasteiger partial charge in [0.15, 0.2) is 5.16 Å². The Labute approximate surface area is 82.4 Å². The van der Waals surface area contributed by atoms with E-state index in [0.29, 0.717) is 3.57 Å². The Balaban J connectivity index is 3.37. The van der Waals surface area contributed by atoms with Crippen molar-refractivity contribution in [1.82, 2.24) is 9.55 Å². The molecule has 0 bridgehead atoms. The third-order valence-electron chi connectivity index (χ3n) is 1.27. The number of aromatic nitrogens is 2.